The van der Waals surface area contributed by atoms with Gasteiger partial charge in [-0.25, -0.2) is 9.00 Å². The molecule has 0 spiro atoms. The molecule has 0 bridgehead atoms. The van der Waals surface area contributed by atoms with Gasteiger partial charge in [-0.1, -0.05) is 13.8 Å². The van der Waals surface area contributed by atoms with E-state index in [0.29, 0.717) is 13.0 Å². The van der Waals surface area contributed by atoms with Crippen molar-refractivity contribution in [2.45, 2.75) is 39.3 Å². The molecule has 0 aromatic heterocycles. The second-order valence-corrected chi connectivity index (χ2v) is 7.20. The Morgan fingerprint density at radius 2 is 2.05 bits per heavy atom. The maximum atomic E-state index is 11.8. The van der Waals surface area contributed by atoms with Crippen molar-refractivity contribution in [1.29, 1.82) is 0 Å². The van der Waals surface area contributed by atoms with Crippen LogP contribution in [0.2, 0.25) is 0 Å². The summed E-state index contributed by atoms with van der Waals surface area (Å²) in [5.41, 5.74) is 0. The zero-order chi connectivity index (χ0) is 14.6. The van der Waals surface area contributed by atoms with Gasteiger partial charge in [-0.05, 0) is 12.3 Å². The Kier molecular flexibility index (Phi) is 5.51. The molecular formula is C12H21NO5S. The summed E-state index contributed by atoms with van der Waals surface area (Å²) in [5, 5.41) is 4.41. The Labute approximate surface area is 114 Å². The van der Waals surface area contributed by atoms with Gasteiger partial charge in [0.2, 0.25) is 0 Å². The van der Waals surface area contributed by atoms with E-state index in [-0.39, 0.29) is 12.0 Å². The Bertz CT molecular complexity index is 465. The molecule has 1 aliphatic rings. The third-order valence-corrected chi connectivity index (χ3v) is 4.31. The van der Waals surface area contributed by atoms with Crippen LogP contribution < -0.4 is 5.32 Å². The van der Waals surface area contributed by atoms with E-state index in [1.54, 1.807) is 20.8 Å². The van der Waals surface area contributed by atoms with Gasteiger partial charge in [0, 0.05) is 19.2 Å². The summed E-state index contributed by atoms with van der Waals surface area (Å²) >= 11 is 0. The molecule has 6 nitrogen and oxygen atoms in total. The van der Waals surface area contributed by atoms with E-state index in [2.05, 4.69) is 5.32 Å². The van der Waals surface area contributed by atoms with Crippen molar-refractivity contribution in [3.8, 4) is 0 Å². The van der Waals surface area contributed by atoms with Crippen molar-refractivity contribution in [3.63, 3.8) is 0 Å². The molecule has 1 aliphatic heterocycles. The van der Waals surface area contributed by atoms with E-state index in [1.807, 2.05) is 0 Å². The minimum absolute atomic E-state index is 0.319. The predicted molar refractivity (Wildman–Crippen MR) is 73.0 cm³/mol. The second kappa shape index (κ2) is 6.49. The van der Waals surface area contributed by atoms with Crippen LogP contribution in [0.3, 0.4) is 0 Å². The normalized spacial score (nSPS) is 25.9. The van der Waals surface area contributed by atoms with Crippen LogP contribution in [0.15, 0.2) is 0 Å². The van der Waals surface area contributed by atoms with Crippen LogP contribution in [0.4, 0.5) is 0 Å². The van der Waals surface area contributed by atoms with E-state index in [1.165, 1.54) is 11.6 Å². The fourth-order valence-electron chi connectivity index (χ4n) is 1.57. The minimum Gasteiger partial charge on any atom is -0.392 e. The highest BCUT2D eigenvalue weighted by atomic mass is 32.2. The number of carbonyl (C=O) groups excluding carboxylic acids is 2. The van der Waals surface area contributed by atoms with E-state index in [0.717, 1.165) is 0 Å². The van der Waals surface area contributed by atoms with Gasteiger partial charge in [0.15, 0.2) is 0 Å². The van der Waals surface area contributed by atoms with Crippen LogP contribution in [0.5, 0.6) is 0 Å². The fraction of sp³-hybridized carbons (Fsp3) is 0.750. The zero-order valence-electron chi connectivity index (χ0n) is 11.7. The lowest BCUT2D eigenvalue weighted by atomic mass is 10.2. The summed E-state index contributed by atoms with van der Waals surface area (Å²) in [6, 6.07) is -0.584. The van der Waals surface area contributed by atoms with E-state index in [9.17, 15) is 13.8 Å². The summed E-state index contributed by atoms with van der Waals surface area (Å²) in [7, 11) is -2.42. The third kappa shape index (κ3) is 4.93. The summed E-state index contributed by atoms with van der Waals surface area (Å²) in [4.78, 5) is 23.0. The number of ether oxygens (including phenoxy) is 1. The molecule has 110 valence electrons. The Morgan fingerprint density at radius 3 is 2.58 bits per heavy atom. The van der Waals surface area contributed by atoms with Crippen LogP contribution in [-0.2, 0) is 28.3 Å². The fourth-order valence-corrected chi connectivity index (χ4v) is 2.37. The molecule has 1 unspecified atom stereocenters. The first-order valence-electron chi connectivity index (χ1n) is 6.21. The molecular weight excluding hydrogens is 270 g/mol. The molecule has 0 saturated carbocycles. The molecule has 1 saturated heterocycles. The predicted octanol–water partition coefficient (Wildman–Crippen LogP) is 0.111. The molecule has 1 fully saturated rings. The quantitative estimate of drug-likeness (QED) is 0.450. The molecule has 3 atom stereocenters. The summed E-state index contributed by atoms with van der Waals surface area (Å²) in [6.45, 7) is 5.39. The standard InChI is InChI=1S/C12H21NO5S/c1-5-19(4,16)18-9-6-10(13-7-9)12(15)17-11(14)8(2)3/h5,8-10,13H,6-7H2,1-4H3/t9-,10+,19?/m1/s1. The lowest BCUT2D eigenvalue weighted by Gasteiger charge is -2.12. The molecule has 0 aromatic rings. The first kappa shape index (κ1) is 16.1. The van der Waals surface area contributed by atoms with Crippen LogP contribution in [0.25, 0.3) is 0 Å². The lowest BCUT2D eigenvalue weighted by Crippen LogP contribution is -2.34. The molecule has 7 heteroatoms. The number of esters is 2. The highest BCUT2D eigenvalue weighted by Crippen LogP contribution is 2.14. The van der Waals surface area contributed by atoms with Gasteiger partial charge in [-0.15, -0.1) is 0 Å². The van der Waals surface area contributed by atoms with Gasteiger partial charge >= 0.3 is 11.9 Å². The molecule has 0 aliphatic carbocycles. The molecule has 0 radical (unpaired) electrons. The van der Waals surface area contributed by atoms with Gasteiger partial charge in [0.1, 0.15) is 6.04 Å². The van der Waals surface area contributed by atoms with Crippen molar-refractivity contribution < 1.29 is 22.7 Å². The number of nitrogens with one attached hydrogen (secondary N) is 1. The first-order chi connectivity index (χ1) is 8.75. The molecule has 1 rings (SSSR count). The maximum absolute atomic E-state index is 11.8. The van der Waals surface area contributed by atoms with Gasteiger partial charge in [0.25, 0.3) is 0 Å². The Morgan fingerprint density at radius 1 is 1.42 bits per heavy atom. The van der Waals surface area contributed by atoms with Gasteiger partial charge in [0.05, 0.1) is 21.8 Å². The van der Waals surface area contributed by atoms with Gasteiger partial charge < -0.3 is 10.1 Å². The van der Waals surface area contributed by atoms with Crippen molar-refractivity contribution in [2.75, 3.05) is 12.8 Å². The number of hydrogen-bond donors (Lipinski definition) is 1. The molecule has 0 aromatic carbocycles. The highest BCUT2D eigenvalue weighted by molar-refractivity contribution is 7.96. The average Bonchev–Trinajstić information content (AvgIpc) is 2.76. The lowest BCUT2D eigenvalue weighted by molar-refractivity contribution is -0.163. The number of rotatable bonds is 4. The van der Waals surface area contributed by atoms with Gasteiger partial charge in [-0.3, -0.25) is 8.98 Å². The molecule has 19 heavy (non-hydrogen) atoms. The molecule has 1 heterocycles. The molecule has 0 amide bonds. The van der Waals surface area contributed by atoms with Gasteiger partial charge in [-0.2, -0.15) is 0 Å². The average molecular weight is 291 g/mol. The van der Waals surface area contributed by atoms with Crippen LogP contribution in [-0.4, -0.2) is 46.5 Å². The highest BCUT2D eigenvalue weighted by Gasteiger charge is 2.33. The van der Waals surface area contributed by atoms with Crippen LogP contribution in [0, 0.1) is 5.92 Å². The Hall–Kier alpha value is -0.920. The van der Waals surface area contributed by atoms with Crippen LogP contribution in [0.1, 0.15) is 27.2 Å². The second-order valence-electron chi connectivity index (χ2n) is 4.87. The van der Waals surface area contributed by atoms with Crippen molar-refractivity contribution in [1.82, 2.24) is 5.32 Å². The SMILES string of the molecule is CC=S(C)(=O)O[C@H]1CN[C@H](C(=O)OC(=O)C(C)C)C1. The Balaban J connectivity index is 2.50. The van der Waals surface area contributed by atoms with E-state index < -0.39 is 27.8 Å². The monoisotopic (exact) mass is 291 g/mol. The van der Waals surface area contributed by atoms with E-state index in [4.69, 9.17) is 8.92 Å². The molecule has 1 N–H and O–H groups in total. The summed E-state index contributed by atoms with van der Waals surface area (Å²) in [6.07, 6.45) is 1.53. The topological polar surface area (TPSA) is 81.7 Å². The summed E-state index contributed by atoms with van der Waals surface area (Å²) < 4.78 is 21.9. The largest absolute Gasteiger partial charge is 0.392 e. The van der Waals surface area contributed by atoms with Crippen LogP contribution >= 0.6 is 0 Å². The zero-order valence-corrected chi connectivity index (χ0v) is 12.5. The number of carbonyl (C=O) groups is 2. The van der Waals surface area contributed by atoms with Crippen molar-refractivity contribution in [3.05, 3.63) is 0 Å². The summed E-state index contributed by atoms with van der Waals surface area (Å²) in [5.74, 6) is -1.49. The smallest absolute Gasteiger partial charge is 0.330 e. The first-order valence-corrected chi connectivity index (χ1v) is 8.16. The van der Waals surface area contributed by atoms with Crippen molar-refractivity contribution in [2.24, 2.45) is 5.92 Å². The van der Waals surface area contributed by atoms with Crippen molar-refractivity contribution >= 4 is 27.1 Å². The van der Waals surface area contributed by atoms with E-state index >= 15 is 0 Å². The third-order valence-electron chi connectivity index (χ3n) is 2.80. The minimum atomic E-state index is -2.42. The maximum Gasteiger partial charge on any atom is 0.330 e. The number of hydrogen-bond acceptors (Lipinski definition) is 6.